The van der Waals surface area contributed by atoms with Gasteiger partial charge in [-0.1, -0.05) is 38.1 Å². The van der Waals surface area contributed by atoms with E-state index in [4.69, 9.17) is 4.74 Å². The molecule has 5 heteroatoms. The summed E-state index contributed by atoms with van der Waals surface area (Å²) in [7, 11) is 0. The lowest BCUT2D eigenvalue weighted by Crippen LogP contribution is -2.60. The lowest BCUT2D eigenvalue weighted by molar-refractivity contribution is -0.0601. The number of benzene rings is 2. The summed E-state index contributed by atoms with van der Waals surface area (Å²) >= 11 is 0. The average Bonchev–Trinajstić information content (AvgIpc) is 2.91. The van der Waals surface area contributed by atoms with E-state index in [1.165, 1.54) is 55.5 Å². The molecule has 2 aromatic carbocycles. The first-order valence-corrected chi connectivity index (χ1v) is 14.1. The fraction of sp³-hybridized carbons (Fsp3) is 0.581. The van der Waals surface area contributed by atoms with Crippen molar-refractivity contribution in [1.82, 2.24) is 15.1 Å². The van der Waals surface area contributed by atoms with E-state index in [0.717, 1.165) is 50.4 Å². The second-order valence-electron chi connectivity index (χ2n) is 11.9. The van der Waals surface area contributed by atoms with Crippen molar-refractivity contribution in [2.24, 2.45) is 5.41 Å². The minimum atomic E-state index is 0.165. The Morgan fingerprint density at radius 1 is 1.08 bits per heavy atom. The van der Waals surface area contributed by atoms with Crippen molar-refractivity contribution >= 4 is 5.91 Å². The number of aryl methyl sites for hydroxylation is 1. The van der Waals surface area contributed by atoms with Gasteiger partial charge in [0, 0.05) is 31.2 Å². The van der Waals surface area contributed by atoms with Crippen LogP contribution in [0.25, 0.3) is 0 Å². The Bertz CT molecular complexity index is 1100. The summed E-state index contributed by atoms with van der Waals surface area (Å²) in [4.78, 5) is 18.6. The number of hydrogen-bond donors (Lipinski definition) is 1. The standard InChI is InChI=1S/C31H41N3O2/c1-22(2)26-7-3-4-8-27(26)28-21-33(30(35)24-9-10-29-23(18-24)6-5-17-36-29)15-16-34(28)25-19-31(20-25)11-13-32-14-12-31/h3-4,7-10,18,22,25,28,32H,5-6,11-17,19-21H2,1-2H3. The zero-order chi connectivity index (χ0) is 24.7. The normalized spacial score (nSPS) is 24.3. The number of carbonyl (C=O) groups is 1. The molecule has 1 aliphatic carbocycles. The topological polar surface area (TPSA) is 44.8 Å². The van der Waals surface area contributed by atoms with E-state index < -0.39 is 0 Å². The van der Waals surface area contributed by atoms with Gasteiger partial charge in [-0.3, -0.25) is 9.69 Å². The van der Waals surface area contributed by atoms with E-state index >= 15 is 0 Å². The molecule has 1 amide bonds. The monoisotopic (exact) mass is 487 g/mol. The Labute approximate surface area is 216 Å². The third-order valence-electron chi connectivity index (χ3n) is 9.31. The maximum Gasteiger partial charge on any atom is 0.253 e. The summed E-state index contributed by atoms with van der Waals surface area (Å²) in [5.41, 5.74) is 5.37. The minimum Gasteiger partial charge on any atom is -0.493 e. The summed E-state index contributed by atoms with van der Waals surface area (Å²) in [6.07, 6.45) is 7.28. The number of rotatable bonds is 4. The Kier molecular flexibility index (Phi) is 6.55. The smallest absolute Gasteiger partial charge is 0.253 e. The van der Waals surface area contributed by atoms with Crippen LogP contribution < -0.4 is 10.1 Å². The number of piperazine rings is 1. The molecule has 36 heavy (non-hydrogen) atoms. The Morgan fingerprint density at radius 2 is 1.89 bits per heavy atom. The van der Waals surface area contributed by atoms with Gasteiger partial charge in [0.05, 0.1) is 12.6 Å². The van der Waals surface area contributed by atoms with Crippen molar-refractivity contribution in [3.8, 4) is 5.75 Å². The SMILES string of the molecule is CC(C)c1ccccc1C1CN(C(=O)c2ccc3c(c2)CCCO3)CCN1C1CC2(CCNCC2)C1. The third-order valence-corrected chi connectivity index (χ3v) is 9.31. The van der Waals surface area contributed by atoms with Crippen LogP contribution in [-0.4, -0.2) is 61.1 Å². The van der Waals surface area contributed by atoms with E-state index in [1.54, 1.807) is 0 Å². The highest BCUT2D eigenvalue weighted by atomic mass is 16.5. The Hall–Kier alpha value is -2.37. The van der Waals surface area contributed by atoms with Gasteiger partial charge < -0.3 is 15.0 Å². The van der Waals surface area contributed by atoms with Gasteiger partial charge in [-0.25, -0.2) is 0 Å². The first kappa shape index (κ1) is 24.0. The van der Waals surface area contributed by atoms with Gasteiger partial charge in [0.15, 0.2) is 0 Å². The Morgan fingerprint density at radius 3 is 2.69 bits per heavy atom. The molecule has 192 valence electrons. The number of hydrogen-bond acceptors (Lipinski definition) is 4. The number of piperidine rings is 1. The largest absolute Gasteiger partial charge is 0.493 e. The third kappa shape index (κ3) is 4.45. The first-order valence-electron chi connectivity index (χ1n) is 14.1. The molecule has 1 N–H and O–H groups in total. The Balaban J connectivity index is 1.26. The zero-order valence-electron chi connectivity index (χ0n) is 22.0. The molecule has 4 aliphatic rings. The summed E-state index contributed by atoms with van der Waals surface area (Å²) < 4.78 is 5.79. The van der Waals surface area contributed by atoms with Gasteiger partial charge in [0.2, 0.25) is 0 Å². The van der Waals surface area contributed by atoms with Crippen LogP contribution in [0.2, 0.25) is 0 Å². The predicted molar refractivity (Wildman–Crippen MR) is 144 cm³/mol. The molecule has 1 atom stereocenters. The molecule has 0 radical (unpaired) electrons. The van der Waals surface area contributed by atoms with Crippen molar-refractivity contribution < 1.29 is 9.53 Å². The van der Waals surface area contributed by atoms with Crippen LogP contribution in [-0.2, 0) is 6.42 Å². The van der Waals surface area contributed by atoms with E-state index in [2.05, 4.69) is 59.3 Å². The van der Waals surface area contributed by atoms with Gasteiger partial charge in [-0.05, 0) is 97.8 Å². The van der Waals surface area contributed by atoms with Gasteiger partial charge in [0.1, 0.15) is 5.75 Å². The van der Waals surface area contributed by atoms with Crippen molar-refractivity contribution in [3.63, 3.8) is 0 Å². The molecular weight excluding hydrogens is 446 g/mol. The fourth-order valence-electron chi connectivity index (χ4n) is 7.25. The molecule has 3 fully saturated rings. The molecule has 3 heterocycles. The number of amides is 1. The molecule has 0 bridgehead atoms. The molecule has 1 saturated carbocycles. The predicted octanol–water partition coefficient (Wildman–Crippen LogP) is 5.17. The van der Waals surface area contributed by atoms with Crippen LogP contribution in [0.15, 0.2) is 42.5 Å². The van der Waals surface area contributed by atoms with E-state index in [-0.39, 0.29) is 11.9 Å². The number of nitrogens with one attached hydrogen (secondary N) is 1. The summed E-state index contributed by atoms with van der Waals surface area (Å²) in [5.74, 6) is 1.58. The molecule has 1 unspecified atom stereocenters. The number of carbonyl (C=O) groups excluding carboxylic acids is 1. The van der Waals surface area contributed by atoms with E-state index in [0.29, 0.717) is 17.4 Å². The van der Waals surface area contributed by atoms with Crippen LogP contribution in [0.4, 0.5) is 0 Å². The highest BCUT2D eigenvalue weighted by Gasteiger charge is 2.49. The number of nitrogens with zero attached hydrogens (tertiary/aromatic N) is 2. The molecule has 2 saturated heterocycles. The molecule has 0 aromatic heterocycles. The van der Waals surface area contributed by atoms with Gasteiger partial charge >= 0.3 is 0 Å². The highest BCUT2D eigenvalue weighted by Crippen LogP contribution is 2.52. The molecule has 5 nitrogen and oxygen atoms in total. The zero-order valence-corrected chi connectivity index (χ0v) is 22.0. The lowest BCUT2D eigenvalue weighted by Gasteiger charge is -2.57. The highest BCUT2D eigenvalue weighted by molar-refractivity contribution is 5.94. The maximum absolute atomic E-state index is 13.7. The van der Waals surface area contributed by atoms with Crippen LogP contribution in [0.3, 0.4) is 0 Å². The summed E-state index contributed by atoms with van der Waals surface area (Å²) in [6, 6.07) is 15.9. The fourth-order valence-corrected chi connectivity index (χ4v) is 7.25. The molecule has 3 aliphatic heterocycles. The van der Waals surface area contributed by atoms with Crippen molar-refractivity contribution in [1.29, 1.82) is 0 Å². The quantitative estimate of drug-likeness (QED) is 0.647. The first-order chi connectivity index (χ1) is 17.5. The number of ether oxygens (including phenoxy) is 1. The van der Waals surface area contributed by atoms with Gasteiger partial charge in [-0.15, -0.1) is 0 Å². The molecule has 1 spiro atoms. The van der Waals surface area contributed by atoms with Gasteiger partial charge in [0.25, 0.3) is 5.91 Å². The maximum atomic E-state index is 13.7. The van der Waals surface area contributed by atoms with Crippen molar-refractivity contribution in [2.75, 3.05) is 39.3 Å². The van der Waals surface area contributed by atoms with Crippen LogP contribution in [0, 0.1) is 5.41 Å². The average molecular weight is 488 g/mol. The van der Waals surface area contributed by atoms with Crippen LogP contribution in [0.1, 0.15) is 85.0 Å². The van der Waals surface area contributed by atoms with Crippen molar-refractivity contribution in [3.05, 3.63) is 64.7 Å². The second kappa shape index (κ2) is 9.83. The summed E-state index contributed by atoms with van der Waals surface area (Å²) in [6.45, 7) is 10.2. The molecule has 6 rings (SSSR count). The van der Waals surface area contributed by atoms with E-state index in [9.17, 15) is 4.79 Å². The van der Waals surface area contributed by atoms with Crippen LogP contribution in [0.5, 0.6) is 5.75 Å². The number of fused-ring (bicyclic) bond motifs is 1. The van der Waals surface area contributed by atoms with Crippen LogP contribution >= 0.6 is 0 Å². The lowest BCUT2D eigenvalue weighted by atomic mass is 9.60. The molecule has 2 aromatic rings. The summed E-state index contributed by atoms with van der Waals surface area (Å²) in [5, 5.41) is 3.54. The van der Waals surface area contributed by atoms with E-state index in [1.807, 2.05) is 12.1 Å². The van der Waals surface area contributed by atoms with Gasteiger partial charge in [-0.2, -0.15) is 0 Å². The molecular formula is C31H41N3O2. The van der Waals surface area contributed by atoms with Crippen molar-refractivity contribution in [2.45, 2.75) is 70.4 Å². The second-order valence-corrected chi connectivity index (χ2v) is 11.9. The minimum absolute atomic E-state index is 0.165.